The Kier molecular flexibility index (Phi) is 12.3. The topological polar surface area (TPSA) is 12.5 Å². The molecule has 3 atom stereocenters. The fourth-order valence-electron chi connectivity index (χ4n) is 13.5. The van der Waals surface area contributed by atoms with Crippen LogP contribution in [-0.2, 0) is 29.1 Å². The van der Waals surface area contributed by atoms with Crippen molar-refractivity contribution < 1.29 is 4.74 Å². The second-order valence-corrected chi connectivity index (χ2v) is 24.0. The van der Waals surface area contributed by atoms with Crippen molar-refractivity contribution in [2.45, 2.75) is 102 Å². The Morgan fingerprint density at radius 1 is 0.462 bits per heavy atom. The maximum Gasteiger partial charge on any atom is 0.127 e. The number of hydrogen-bond acceptors (Lipinski definition) is 2. The van der Waals surface area contributed by atoms with E-state index in [9.17, 15) is 0 Å². The van der Waals surface area contributed by atoms with Crippen LogP contribution in [0.3, 0.4) is 0 Å². The van der Waals surface area contributed by atoms with Gasteiger partial charge in [-0.2, -0.15) is 0 Å². The summed E-state index contributed by atoms with van der Waals surface area (Å²) in [5, 5.41) is 0. The van der Waals surface area contributed by atoms with Gasteiger partial charge in [-0.15, -0.1) is 0 Å². The van der Waals surface area contributed by atoms with E-state index in [1.54, 1.807) is 5.56 Å². The number of ether oxygens (including phenoxy) is 1. The molecule has 0 amide bonds. The molecule has 13 rings (SSSR count). The summed E-state index contributed by atoms with van der Waals surface area (Å²) in [4.78, 5) is 2.48. The number of nitrogens with zero attached hydrogens (tertiary/aromatic N) is 1. The zero-order valence-corrected chi connectivity index (χ0v) is 46.3. The van der Waals surface area contributed by atoms with Gasteiger partial charge in [0.05, 0.1) is 5.41 Å². The molecular weight excluding hydrogens is 943 g/mol. The first-order valence-corrected chi connectivity index (χ1v) is 28.4. The number of hydrogen-bond donors (Lipinski definition) is 0. The highest BCUT2D eigenvalue weighted by Crippen LogP contribution is 2.58. The van der Waals surface area contributed by atoms with Gasteiger partial charge >= 0.3 is 0 Å². The lowest BCUT2D eigenvalue weighted by Gasteiger charge is -2.35. The Bertz CT molecular complexity index is 3840. The summed E-state index contributed by atoms with van der Waals surface area (Å²) in [5.41, 5.74) is 25.0. The Balaban J connectivity index is 0.899. The highest BCUT2D eigenvalue weighted by Gasteiger charge is 2.47. The second-order valence-electron chi connectivity index (χ2n) is 24.0. The van der Waals surface area contributed by atoms with Crippen LogP contribution in [0, 0.1) is 0 Å². The van der Waals surface area contributed by atoms with Crippen molar-refractivity contribution in [2.75, 3.05) is 4.90 Å². The summed E-state index contributed by atoms with van der Waals surface area (Å²) >= 11 is 0. The van der Waals surface area contributed by atoms with E-state index < -0.39 is 5.41 Å². The molecule has 3 unspecified atom stereocenters. The van der Waals surface area contributed by atoms with Gasteiger partial charge in [0, 0.05) is 22.5 Å². The third-order valence-corrected chi connectivity index (χ3v) is 18.0. The molecule has 3 aliphatic carbocycles. The third kappa shape index (κ3) is 8.40. The monoisotopic (exact) mass is 1010 g/mol. The maximum absolute atomic E-state index is 6.71. The summed E-state index contributed by atoms with van der Waals surface area (Å²) in [6.45, 7) is 16.4. The Labute approximate surface area is 463 Å². The molecule has 10 aromatic rings. The van der Waals surface area contributed by atoms with Crippen molar-refractivity contribution in [2.24, 2.45) is 0 Å². The average molecular weight is 1010 g/mol. The molecule has 2 heteroatoms. The lowest BCUT2D eigenvalue weighted by Crippen LogP contribution is -2.29. The number of rotatable bonds is 13. The summed E-state index contributed by atoms with van der Waals surface area (Å²) in [6, 6.07) is 86.6. The Morgan fingerprint density at radius 3 is 1.59 bits per heavy atom. The minimum Gasteiger partial charge on any atom is -0.457 e. The molecule has 10 aromatic carbocycles. The molecule has 0 radical (unpaired) electrons. The van der Waals surface area contributed by atoms with Crippen LogP contribution >= 0.6 is 0 Å². The van der Waals surface area contributed by atoms with Crippen molar-refractivity contribution in [1.29, 1.82) is 0 Å². The molecule has 0 bridgehead atoms. The highest BCUT2D eigenvalue weighted by molar-refractivity contribution is 5.91. The maximum atomic E-state index is 6.71. The van der Waals surface area contributed by atoms with Gasteiger partial charge in [0.25, 0.3) is 0 Å². The Morgan fingerprint density at radius 2 is 0.974 bits per heavy atom. The van der Waals surface area contributed by atoms with Crippen molar-refractivity contribution in [3.05, 3.63) is 292 Å². The predicted octanol–water partition coefficient (Wildman–Crippen LogP) is 20.4. The second kappa shape index (κ2) is 19.4. The van der Waals surface area contributed by atoms with E-state index in [0.717, 1.165) is 41.4 Å². The van der Waals surface area contributed by atoms with E-state index in [2.05, 4.69) is 284 Å². The van der Waals surface area contributed by atoms with Gasteiger partial charge < -0.3 is 9.64 Å². The van der Waals surface area contributed by atoms with Crippen molar-refractivity contribution in [1.82, 2.24) is 0 Å². The first-order chi connectivity index (χ1) is 37.9. The third-order valence-electron chi connectivity index (χ3n) is 18.0. The fourth-order valence-corrected chi connectivity index (χ4v) is 13.5. The molecule has 0 N–H and O–H groups in total. The molecule has 0 saturated heterocycles. The smallest absolute Gasteiger partial charge is 0.127 e. The lowest BCUT2D eigenvalue weighted by atomic mass is 9.67. The van der Waals surface area contributed by atoms with Gasteiger partial charge in [0.15, 0.2) is 0 Å². The van der Waals surface area contributed by atoms with Gasteiger partial charge in [0.2, 0.25) is 0 Å². The predicted molar refractivity (Wildman–Crippen MR) is 327 cm³/mol. The van der Waals surface area contributed by atoms with E-state index in [1.807, 2.05) is 0 Å². The zero-order valence-electron chi connectivity index (χ0n) is 46.3. The van der Waals surface area contributed by atoms with Crippen LogP contribution in [0.4, 0.5) is 17.1 Å². The van der Waals surface area contributed by atoms with Crippen LogP contribution in [0.1, 0.15) is 134 Å². The van der Waals surface area contributed by atoms with Crippen LogP contribution in [-0.4, -0.2) is 0 Å². The SMILES string of the molecule is CCC(CC(C)c1ccc(Oc2ccc(C3(c4ccc(C(C)(C)C)cc4)c4ccccc4-c4ccc(N(c5ccc(-c6ccccc6)cc5)c5ccc6c(c5)C(C)(C)c5ccccc5-6)cc43)cc2)cc1)c1ccc2c(c1)CC2. The number of fused-ring (bicyclic) bond motifs is 7. The highest BCUT2D eigenvalue weighted by atomic mass is 16.5. The quantitative estimate of drug-likeness (QED) is 0.114. The lowest BCUT2D eigenvalue weighted by molar-refractivity contribution is 0.481. The molecule has 3 aliphatic rings. The first kappa shape index (κ1) is 49.4. The molecule has 0 heterocycles. The normalized spacial score (nSPS) is 16.2. The summed E-state index contributed by atoms with van der Waals surface area (Å²) in [7, 11) is 0. The van der Waals surface area contributed by atoms with Crippen LogP contribution in [0.5, 0.6) is 11.5 Å². The summed E-state index contributed by atoms with van der Waals surface area (Å²) < 4.78 is 6.71. The minimum absolute atomic E-state index is 0.00247. The van der Waals surface area contributed by atoms with Crippen molar-refractivity contribution >= 4 is 17.1 Å². The van der Waals surface area contributed by atoms with E-state index in [-0.39, 0.29) is 10.8 Å². The van der Waals surface area contributed by atoms with Crippen LogP contribution in [0.2, 0.25) is 0 Å². The molecule has 0 fully saturated rings. The largest absolute Gasteiger partial charge is 0.457 e. The zero-order chi connectivity index (χ0) is 53.3. The van der Waals surface area contributed by atoms with Crippen LogP contribution in [0.25, 0.3) is 33.4 Å². The molecule has 384 valence electrons. The van der Waals surface area contributed by atoms with E-state index >= 15 is 0 Å². The van der Waals surface area contributed by atoms with Gasteiger partial charge in [0.1, 0.15) is 11.5 Å². The summed E-state index contributed by atoms with van der Waals surface area (Å²) in [5.74, 6) is 2.65. The first-order valence-electron chi connectivity index (χ1n) is 28.4. The molecule has 0 aliphatic heterocycles. The molecule has 2 nitrogen and oxygen atoms in total. The van der Waals surface area contributed by atoms with Crippen molar-refractivity contribution in [3.8, 4) is 44.9 Å². The van der Waals surface area contributed by atoms with Crippen LogP contribution in [0.15, 0.2) is 231 Å². The molecule has 0 aromatic heterocycles. The minimum atomic E-state index is -0.643. The van der Waals surface area contributed by atoms with E-state index in [0.29, 0.717) is 11.8 Å². The van der Waals surface area contributed by atoms with Gasteiger partial charge in [-0.05, 0) is 198 Å². The number of benzene rings is 10. The molecular formula is C76H69NO. The van der Waals surface area contributed by atoms with Crippen molar-refractivity contribution in [3.63, 3.8) is 0 Å². The number of anilines is 3. The average Bonchev–Trinajstić information content (AvgIpc) is 3.97. The summed E-state index contributed by atoms with van der Waals surface area (Å²) in [6.07, 6.45) is 4.74. The number of aryl methyl sites for hydroxylation is 2. The van der Waals surface area contributed by atoms with Gasteiger partial charge in [-0.3, -0.25) is 0 Å². The molecule has 78 heavy (non-hydrogen) atoms. The Hall–Kier alpha value is -8.20. The van der Waals surface area contributed by atoms with E-state index in [4.69, 9.17) is 4.74 Å². The van der Waals surface area contributed by atoms with Crippen LogP contribution < -0.4 is 9.64 Å². The van der Waals surface area contributed by atoms with E-state index in [1.165, 1.54) is 102 Å². The fraction of sp³-hybridized carbons (Fsp3) is 0.211. The molecule has 0 spiro atoms. The standard InChI is InChI=1S/C76H69NO/c1-8-51(56-24-22-55-23-25-57(55)47-56)46-50(2)52-28-40-64(41-29-52)78-65-42-34-60(35-43-65)76(59-32-30-58(31-33-59)74(3,4)5)71-21-15-13-19-67(71)69-45-39-63(49-73(69)76)77(61-36-26-54(27-37-61)53-16-10-9-11-17-53)62-38-44-68-66-18-12-14-20-70(66)75(6,7)72(68)48-62/h9-22,24,26-45,47-51H,8,23,25,46H2,1-7H3. The van der Waals surface area contributed by atoms with Gasteiger partial charge in [-0.1, -0.05) is 218 Å². The van der Waals surface area contributed by atoms with Gasteiger partial charge in [-0.25, -0.2) is 0 Å². The molecule has 0 saturated carbocycles.